The third kappa shape index (κ3) is 32.4. The second-order valence-corrected chi connectivity index (χ2v) is 22.9. The van der Waals surface area contributed by atoms with Crippen molar-refractivity contribution in [1.29, 1.82) is 0 Å². The van der Waals surface area contributed by atoms with E-state index in [0.29, 0.717) is 45.1 Å². The first-order valence-corrected chi connectivity index (χ1v) is 31.7. The van der Waals surface area contributed by atoms with Gasteiger partial charge < -0.3 is 75.4 Å². The average molecular weight is 1130 g/mol. The molecule has 77 heavy (non-hydrogen) atoms. The molecule has 2 heterocycles. The summed E-state index contributed by atoms with van der Waals surface area (Å²) in [6, 6.07) is -2.89. The minimum atomic E-state index is -5.31. The molecule has 0 aromatic carbocycles. The topological polar surface area (TPSA) is 315 Å². The summed E-state index contributed by atoms with van der Waals surface area (Å²) in [6.07, 6.45) is 15.8. The third-order valence-corrected chi connectivity index (χ3v) is 15.2. The van der Waals surface area contributed by atoms with Crippen LogP contribution in [0.5, 0.6) is 0 Å². The number of aliphatic hydroxyl groups excluding tert-OH is 5. The van der Waals surface area contributed by atoms with Crippen LogP contribution in [-0.2, 0) is 47.2 Å². The van der Waals surface area contributed by atoms with E-state index in [1.54, 1.807) is 0 Å². The first-order chi connectivity index (χ1) is 37.1. The van der Waals surface area contributed by atoms with Crippen molar-refractivity contribution in [3.05, 3.63) is 0 Å². The van der Waals surface area contributed by atoms with E-state index < -0.39 is 112 Å². The normalized spacial score (nSPS) is 24.6. The quantitative estimate of drug-likeness (QED) is 0.0160. The summed E-state index contributed by atoms with van der Waals surface area (Å²) in [5.41, 5.74) is 5.69. The van der Waals surface area contributed by atoms with Gasteiger partial charge in [-0.2, -0.15) is 0 Å². The van der Waals surface area contributed by atoms with E-state index in [4.69, 9.17) is 33.9 Å². The fourth-order valence-electron chi connectivity index (χ4n) is 10.1. The van der Waals surface area contributed by atoms with E-state index in [1.165, 1.54) is 89.9 Å². The molecule has 0 saturated carbocycles. The van der Waals surface area contributed by atoms with Gasteiger partial charge in [0.15, 0.2) is 12.6 Å². The zero-order chi connectivity index (χ0) is 56.7. The number of ether oxygens (including phenoxy) is 5. The Balaban J connectivity index is 2.20. The summed E-state index contributed by atoms with van der Waals surface area (Å²) < 4.78 is 46.9. The van der Waals surface area contributed by atoms with Crippen LogP contribution >= 0.6 is 7.82 Å². The standard InChI is InChI=1S/C56H108N3O17P/c1-4-7-10-13-16-19-22-25-28-33-42(61)38-46(62)58-49-52(66)51(65)45(75-55(49)71-37-32-31-36-57)41-72-56-50(53(67)54(44(40-60)74-56)76-77(68,69)70)59-47(63)39-43(34-29-26-23-20-17-14-11-8-5-2)73-48(64)35-30-27-24-21-18-15-12-9-6-3/h42-45,49-56,60-61,65-67H,4-41,57H2,1-3H3,(H,58,62)(H,59,63)(H2,68,69,70)/t42-,43-,44-,45-,49-,50-,51-,52-,53-,54-,55+,56-/m1/s1. The number of nitrogens with two attached hydrogens (primary N) is 1. The van der Waals surface area contributed by atoms with Gasteiger partial charge in [-0.25, -0.2) is 4.57 Å². The van der Waals surface area contributed by atoms with Crippen molar-refractivity contribution in [2.24, 2.45) is 5.73 Å². The molecule has 0 aromatic rings. The maximum absolute atomic E-state index is 14.0. The van der Waals surface area contributed by atoms with E-state index in [1.807, 2.05) is 0 Å². The maximum atomic E-state index is 14.0. The molecular weight excluding hydrogens is 1020 g/mol. The maximum Gasteiger partial charge on any atom is 0.470 e. The summed E-state index contributed by atoms with van der Waals surface area (Å²) in [7, 11) is -5.31. The van der Waals surface area contributed by atoms with Gasteiger partial charge in [0, 0.05) is 13.0 Å². The second kappa shape index (κ2) is 43.8. The number of phosphoric acid groups is 1. The largest absolute Gasteiger partial charge is 0.470 e. The van der Waals surface area contributed by atoms with Gasteiger partial charge >= 0.3 is 13.8 Å². The van der Waals surface area contributed by atoms with Crippen LogP contribution in [-0.4, -0.2) is 153 Å². The predicted molar refractivity (Wildman–Crippen MR) is 294 cm³/mol. The lowest BCUT2D eigenvalue weighted by atomic mass is 9.95. The molecule has 0 bridgehead atoms. The number of aliphatic hydroxyl groups is 5. The average Bonchev–Trinajstić information content (AvgIpc) is 3.38. The lowest BCUT2D eigenvalue weighted by Gasteiger charge is -2.45. The second-order valence-electron chi connectivity index (χ2n) is 21.7. The van der Waals surface area contributed by atoms with E-state index in [-0.39, 0.29) is 25.9 Å². The van der Waals surface area contributed by atoms with Gasteiger partial charge in [0.1, 0.15) is 54.8 Å². The van der Waals surface area contributed by atoms with Gasteiger partial charge in [-0.15, -0.1) is 0 Å². The Morgan fingerprint density at radius 1 is 0.571 bits per heavy atom. The summed E-state index contributed by atoms with van der Waals surface area (Å²) >= 11 is 0. The number of esters is 1. The molecule has 2 aliphatic rings. The molecule has 0 radical (unpaired) electrons. The zero-order valence-corrected chi connectivity index (χ0v) is 48.4. The van der Waals surface area contributed by atoms with Crippen molar-refractivity contribution in [2.45, 2.75) is 313 Å². The van der Waals surface area contributed by atoms with Crippen LogP contribution in [0.1, 0.15) is 239 Å². The number of hydrogen-bond acceptors (Lipinski definition) is 16. The van der Waals surface area contributed by atoms with Gasteiger partial charge in [0.2, 0.25) is 11.8 Å². The fourth-order valence-corrected chi connectivity index (χ4v) is 10.6. The van der Waals surface area contributed by atoms with Crippen LogP contribution in [0.15, 0.2) is 0 Å². The lowest BCUT2D eigenvalue weighted by molar-refractivity contribution is -0.302. The Kier molecular flexibility index (Phi) is 40.5. The summed E-state index contributed by atoms with van der Waals surface area (Å²) in [5, 5.41) is 60.8. The molecule has 11 N–H and O–H groups in total. The Morgan fingerprint density at radius 3 is 1.53 bits per heavy atom. The lowest BCUT2D eigenvalue weighted by Crippen LogP contribution is -2.67. The molecule has 0 aliphatic carbocycles. The number of nitrogens with one attached hydrogen (secondary N) is 2. The minimum Gasteiger partial charge on any atom is -0.462 e. The highest BCUT2D eigenvalue weighted by Gasteiger charge is 2.51. The summed E-state index contributed by atoms with van der Waals surface area (Å²) in [4.78, 5) is 60.0. The Hall–Kier alpha value is -1.88. The van der Waals surface area contributed by atoms with Crippen molar-refractivity contribution in [3.63, 3.8) is 0 Å². The molecule has 21 heteroatoms. The van der Waals surface area contributed by atoms with Gasteiger partial charge in [0.25, 0.3) is 0 Å². The number of carbonyl (C=O) groups excluding carboxylic acids is 3. The van der Waals surface area contributed by atoms with Gasteiger partial charge in [-0.1, -0.05) is 181 Å². The molecule has 2 rings (SSSR count). The van der Waals surface area contributed by atoms with Crippen LogP contribution in [0, 0.1) is 0 Å². The molecule has 2 aliphatic heterocycles. The van der Waals surface area contributed by atoms with E-state index >= 15 is 0 Å². The molecule has 0 unspecified atom stereocenters. The molecule has 0 spiro atoms. The monoisotopic (exact) mass is 1130 g/mol. The van der Waals surface area contributed by atoms with Crippen molar-refractivity contribution in [1.82, 2.24) is 10.6 Å². The number of amides is 2. The van der Waals surface area contributed by atoms with Crippen molar-refractivity contribution in [2.75, 3.05) is 26.4 Å². The first-order valence-electron chi connectivity index (χ1n) is 30.2. The zero-order valence-electron chi connectivity index (χ0n) is 47.5. The number of carbonyl (C=O) groups is 3. The van der Waals surface area contributed by atoms with Crippen molar-refractivity contribution < 1.29 is 82.5 Å². The van der Waals surface area contributed by atoms with Gasteiger partial charge in [0.05, 0.1) is 32.2 Å². The molecule has 2 fully saturated rings. The fraction of sp³-hybridized carbons (Fsp3) is 0.946. The number of hydrogen-bond donors (Lipinski definition) is 10. The Labute approximate surface area is 462 Å². The van der Waals surface area contributed by atoms with Gasteiger partial charge in [-0.3, -0.25) is 18.9 Å². The number of phosphoric ester groups is 1. The molecule has 2 saturated heterocycles. The van der Waals surface area contributed by atoms with Crippen LogP contribution < -0.4 is 16.4 Å². The summed E-state index contributed by atoms with van der Waals surface area (Å²) in [6.45, 7) is 5.54. The highest BCUT2D eigenvalue weighted by atomic mass is 31.2. The smallest absolute Gasteiger partial charge is 0.462 e. The number of rotatable bonds is 48. The molecule has 2 amide bonds. The highest BCUT2D eigenvalue weighted by molar-refractivity contribution is 7.46. The van der Waals surface area contributed by atoms with E-state index in [0.717, 1.165) is 70.6 Å². The van der Waals surface area contributed by atoms with Gasteiger partial charge in [-0.05, 0) is 45.1 Å². The van der Waals surface area contributed by atoms with E-state index in [2.05, 4.69) is 31.4 Å². The van der Waals surface area contributed by atoms with Crippen LogP contribution in [0.2, 0.25) is 0 Å². The highest BCUT2D eigenvalue weighted by Crippen LogP contribution is 2.41. The van der Waals surface area contributed by atoms with Crippen LogP contribution in [0.25, 0.3) is 0 Å². The molecule has 20 nitrogen and oxygen atoms in total. The Morgan fingerprint density at radius 2 is 1.03 bits per heavy atom. The SMILES string of the molecule is CCCCCCCCCCCC(=O)O[C@H](CCCCCCCCCCC)CC(=O)N[C@H]1[C@H](OC[C@H]2O[C@H](OCCCCN)[C@H](NC(=O)C[C@H](O)CCCCCCCCCCC)[C@@H](O)[C@@H]2O)O[C@H](CO)[C@@H](OP(=O)(O)O)[C@@H]1O. The molecule has 454 valence electrons. The van der Waals surface area contributed by atoms with Crippen molar-refractivity contribution >= 4 is 25.6 Å². The molecular formula is C56H108N3O17P. The first kappa shape index (κ1) is 71.2. The van der Waals surface area contributed by atoms with E-state index in [9.17, 15) is 54.3 Å². The van der Waals surface area contributed by atoms with Crippen LogP contribution in [0.3, 0.4) is 0 Å². The minimum absolute atomic E-state index is 0.103. The number of unbranched alkanes of at least 4 members (excludes halogenated alkanes) is 25. The molecule has 12 atom stereocenters. The Bertz CT molecular complexity index is 1550. The summed E-state index contributed by atoms with van der Waals surface area (Å²) in [5.74, 6) is -1.73. The van der Waals surface area contributed by atoms with Crippen LogP contribution in [0.4, 0.5) is 0 Å². The third-order valence-electron chi connectivity index (χ3n) is 14.7. The predicted octanol–water partition coefficient (Wildman–Crippen LogP) is 7.55. The molecule has 0 aromatic heterocycles. The van der Waals surface area contributed by atoms with Crippen molar-refractivity contribution in [3.8, 4) is 0 Å².